The van der Waals surface area contributed by atoms with Gasteiger partial charge < -0.3 is 28.7 Å². The van der Waals surface area contributed by atoms with Crippen LogP contribution in [-0.4, -0.2) is 36.9 Å². The van der Waals surface area contributed by atoms with Crippen LogP contribution in [0.3, 0.4) is 0 Å². The van der Waals surface area contributed by atoms with Crippen LogP contribution in [0.2, 0.25) is 0 Å². The molecule has 0 fully saturated rings. The Balaban J connectivity index is -0.000000147. The maximum absolute atomic E-state index is 7.06. The van der Waals surface area contributed by atoms with Gasteiger partial charge in [-0.2, -0.15) is 4.99 Å². The Labute approximate surface area is 184 Å². The zero-order chi connectivity index (χ0) is 17.1. The number of hydrogen-bond donors (Lipinski definition) is 7. The Morgan fingerprint density at radius 1 is 0.929 bits per heavy atom. The van der Waals surface area contributed by atoms with E-state index >= 15 is 0 Å². The van der Waals surface area contributed by atoms with Crippen molar-refractivity contribution in [2.75, 3.05) is 13.1 Å². The fourth-order valence-electron chi connectivity index (χ4n) is 1.84. The Morgan fingerprint density at radius 3 is 1.82 bits per heavy atom. The molecule has 0 aliphatic rings. The molecule has 0 bridgehead atoms. The van der Waals surface area contributed by atoms with E-state index in [9.17, 15) is 0 Å². The van der Waals surface area contributed by atoms with Gasteiger partial charge in [0.1, 0.15) is 0 Å². The first-order valence-electron chi connectivity index (χ1n) is 7.05. The molecule has 0 aromatic carbocycles. The number of rotatable bonds is 7. The molecule has 0 rings (SSSR count). The number of nitrogens with two attached hydrogens (primary N) is 5. The molecule has 0 aliphatic heterocycles. The van der Waals surface area contributed by atoms with Crippen LogP contribution in [0.4, 0.5) is 0 Å². The highest BCUT2D eigenvalue weighted by atomic mass is 35.5. The van der Waals surface area contributed by atoms with Crippen molar-refractivity contribution in [2.45, 2.75) is 56.4 Å². The molecule has 0 aliphatic carbocycles. The molecule has 0 saturated carbocycles. The van der Waals surface area contributed by atoms with Gasteiger partial charge in [-0.05, 0) is 18.3 Å². The van der Waals surface area contributed by atoms with Gasteiger partial charge in [-0.25, -0.2) is 0 Å². The number of nitrogens with one attached hydrogen (secondary N) is 2. The highest BCUT2D eigenvalue weighted by molar-refractivity contribution is 5.95. The summed E-state index contributed by atoms with van der Waals surface area (Å²) in [5.74, 6) is 0.536. The summed E-state index contributed by atoms with van der Waals surface area (Å²) in [5, 5.41) is 9.51. The summed E-state index contributed by atoms with van der Waals surface area (Å²) in [5.41, 5.74) is 26.8. The average molecular weight is 450 g/mol. The largest absolute Gasteiger partial charge is 0.370 e. The third kappa shape index (κ3) is 26.3. The van der Waals surface area contributed by atoms with Gasteiger partial charge in [-0.3, -0.25) is 20.7 Å². The van der Waals surface area contributed by atoms with Crippen LogP contribution in [0.25, 0.3) is 0 Å². The van der Waals surface area contributed by atoms with Crippen molar-refractivity contribution in [1.29, 1.82) is 5.41 Å². The summed E-state index contributed by atoms with van der Waals surface area (Å²) in [6.07, 6.45) is 1.86. The number of nitrogens with zero attached hydrogens (tertiary/aromatic N) is 3. The van der Waals surface area contributed by atoms with Gasteiger partial charge in [0, 0.05) is 13.1 Å². The summed E-state index contributed by atoms with van der Waals surface area (Å²) >= 11 is 0. The molecule has 0 aromatic rings. The van der Waals surface area contributed by atoms with E-state index in [4.69, 9.17) is 34.1 Å². The van der Waals surface area contributed by atoms with Crippen molar-refractivity contribution >= 4 is 48.7 Å². The second kappa shape index (κ2) is 25.1. The van der Waals surface area contributed by atoms with E-state index in [0.717, 1.165) is 12.8 Å². The molecule has 2 unspecified atom stereocenters. The Bertz CT molecular complexity index is 449. The van der Waals surface area contributed by atoms with Crippen LogP contribution < -0.4 is 34.0 Å². The zero-order valence-electron chi connectivity index (χ0n) is 14.0. The minimum absolute atomic E-state index is 0. The Morgan fingerprint density at radius 2 is 1.43 bits per heavy atom. The van der Waals surface area contributed by atoms with Crippen LogP contribution in [0, 0.1) is 17.2 Å². The number of guanidine groups is 4. The van der Waals surface area contributed by atoms with Gasteiger partial charge >= 0.3 is 0 Å². The molecule has 2 atom stereocenters. The SMILES string of the molecule is C.C.C.C.CCC(CN=C(N)NC(=N)N)CC(C)CN=C(N)N=C(N)N.Cl.Cl. The van der Waals surface area contributed by atoms with Gasteiger partial charge in [0.05, 0.1) is 0 Å². The molecule has 12 N–H and O–H groups in total. The molecule has 0 heterocycles. The predicted octanol–water partition coefficient (Wildman–Crippen LogP) is 1.81. The second-order valence-electron chi connectivity index (χ2n) is 5.12. The first-order valence-corrected chi connectivity index (χ1v) is 7.05. The summed E-state index contributed by atoms with van der Waals surface area (Å²) in [6, 6.07) is 0. The van der Waals surface area contributed by atoms with Crippen LogP contribution in [-0.2, 0) is 0 Å². The van der Waals surface area contributed by atoms with E-state index in [-0.39, 0.29) is 78.4 Å². The highest BCUT2D eigenvalue weighted by Crippen LogP contribution is 2.16. The van der Waals surface area contributed by atoms with Gasteiger partial charge in [-0.1, -0.05) is 50.0 Å². The molecule has 0 amide bonds. The molecule has 10 nitrogen and oxygen atoms in total. The topological polar surface area (TPSA) is 203 Å². The highest BCUT2D eigenvalue weighted by Gasteiger charge is 2.11. The minimum Gasteiger partial charge on any atom is -0.370 e. The first kappa shape index (κ1) is 45.0. The van der Waals surface area contributed by atoms with E-state index in [0.29, 0.717) is 24.9 Å². The average Bonchev–Trinajstić information content (AvgIpc) is 2.39. The van der Waals surface area contributed by atoms with E-state index < -0.39 is 0 Å². The third-order valence-corrected chi connectivity index (χ3v) is 2.90. The van der Waals surface area contributed by atoms with Crippen LogP contribution in [0.15, 0.2) is 15.0 Å². The van der Waals surface area contributed by atoms with E-state index in [2.05, 4.69) is 34.1 Å². The van der Waals surface area contributed by atoms with Crippen molar-refractivity contribution in [2.24, 2.45) is 55.5 Å². The van der Waals surface area contributed by atoms with E-state index in [1.54, 1.807) is 0 Å². The van der Waals surface area contributed by atoms with Gasteiger partial charge in [0.2, 0.25) is 5.96 Å². The van der Waals surface area contributed by atoms with Gasteiger partial charge in [-0.15, -0.1) is 24.8 Å². The monoisotopic (exact) mass is 448 g/mol. The number of aliphatic imine (C=N–C) groups is 3. The molecular weight excluding hydrogens is 403 g/mol. The Hall–Kier alpha value is -1.94. The lowest BCUT2D eigenvalue weighted by Gasteiger charge is -2.17. The van der Waals surface area contributed by atoms with Crippen molar-refractivity contribution < 1.29 is 0 Å². The lowest BCUT2D eigenvalue weighted by atomic mass is 9.94. The quantitative estimate of drug-likeness (QED) is 0.228. The lowest BCUT2D eigenvalue weighted by Crippen LogP contribution is -2.41. The van der Waals surface area contributed by atoms with Crippen LogP contribution in [0.5, 0.6) is 0 Å². The van der Waals surface area contributed by atoms with Crippen LogP contribution in [0.1, 0.15) is 56.4 Å². The molecule has 0 spiro atoms. The van der Waals surface area contributed by atoms with E-state index in [1.165, 1.54) is 0 Å². The normalized spacial score (nSPS) is 11.8. The summed E-state index contributed by atoms with van der Waals surface area (Å²) in [7, 11) is 0. The molecule has 0 aromatic heterocycles. The molecule has 0 saturated heterocycles. The first-order chi connectivity index (χ1) is 10.2. The maximum atomic E-state index is 7.06. The standard InChI is InChI=1S/C12H28N10.4CH4.2ClH/c1-3-8(6-20-12(18)22-10(15)16)4-7(2)5-19-11(17)21-9(13)14;;;;;;/h7-8H,3-6H2,1-2H3,(H6,13,14,17,19,21)(H6,15,16,18,20,22);4*1H4;2*1H. The van der Waals surface area contributed by atoms with Crippen molar-refractivity contribution in [3.8, 4) is 0 Å². The third-order valence-electron chi connectivity index (χ3n) is 2.90. The fourth-order valence-corrected chi connectivity index (χ4v) is 1.84. The lowest BCUT2D eigenvalue weighted by molar-refractivity contribution is 0.393. The van der Waals surface area contributed by atoms with Crippen molar-refractivity contribution in [3.05, 3.63) is 0 Å². The summed E-state index contributed by atoms with van der Waals surface area (Å²) in [6.45, 7) is 5.23. The minimum atomic E-state index is -0.229. The Kier molecular flexibility index (Phi) is 40.3. The van der Waals surface area contributed by atoms with Gasteiger partial charge in [0.15, 0.2) is 17.9 Å². The van der Waals surface area contributed by atoms with Crippen molar-refractivity contribution in [1.82, 2.24) is 5.32 Å². The predicted molar refractivity (Wildman–Crippen MR) is 133 cm³/mol. The molecule has 28 heavy (non-hydrogen) atoms. The smallest absolute Gasteiger partial charge is 0.218 e. The fraction of sp³-hybridized carbons (Fsp3) is 0.750. The molecule has 174 valence electrons. The van der Waals surface area contributed by atoms with E-state index in [1.807, 2.05) is 0 Å². The maximum Gasteiger partial charge on any atom is 0.218 e. The van der Waals surface area contributed by atoms with Crippen molar-refractivity contribution in [3.63, 3.8) is 0 Å². The zero-order valence-corrected chi connectivity index (χ0v) is 15.7. The number of hydrogen-bond acceptors (Lipinski definition) is 3. The molecule has 0 radical (unpaired) electrons. The molecular formula is C16H46Cl2N10. The number of halogens is 2. The second-order valence-corrected chi connectivity index (χ2v) is 5.12. The van der Waals surface area contributed by atoms with Gasteiger partial charge in [0.25, 0.3) is 0 Å². The summed E-state index contributed by atoms with van der Waals surface area (Å²) in [4.78, 5) is 11.9. The molecule has 12 heteroatoms. The summed E-state index contributed by atoms with van der Waals surface area (Å²) < 4.78 is 0. The van der Waals surface area contributed by atoms with Crippen LogP contribution >= 0.6 is 24.8 Å².